The molecule has 28 heavy (non-hydrogen) atoms. The largest absolute Gasteiger partial charge is 0.493 e. The summed E-state index contributed by atoms with van der Waals surface area (Å²) in [5, 5.41) is 0. The zero-order valence-electron chi connectivity index (χ0n) is 16.3. The van der Waals surface area contributed by atoms with Gasteiger partial charge in [-0.2, -0.15) is 0 Å². The highest BCUT2D eigenvalue weighted by molar-refractivity contribution is 5.92. The van der Waals surface area contributed by atoms with Crippen LogP contribution in [0.5, 0.6) is 23.0 Å². The third kappa shape index (κ3) is 4.09. The van der Waals surface area contributed by atoms with Crippen molar-refractivity contribution in [1.29, 1.82) is 0 Å². The summed E-state index contributed by atoms with van der Waals surface area (Å²) < 4.78 is 21.3. The SMILES string of the molecule is COc1cc(C(=O)Oc2ccc(-c3ccc(C)cc3)cc2)cc(OC)c1OC. The Hall–Kier alpha value is -3.47. The zero-order chi connectivity index (χ0) is 20.1. The van der Waals surface area contributed by atoms with Crippen molar-refractivity contribution in [2.24, 2.45) is 0 Å². The molecule has 3 aromatic carbocycles. The lowest BCUT2D eigenvalue weighted by molar-refractivity contribution is 0.0734. The number of benzene rings is 3. The lowest BCUT2D eigenvalue weighted by Gasteiger charge is -2.13. The maximum Gasteiger partial charge on any atom is 0.343 e. The van der Waals surface area contributed by atoms with Gasteiger partial charge in [-0.25, -0.2) is 4.79 Å². The van der Waals surface area contributed by atoms with Crippen LogP contribution >= 0.6 is 0 Å². The first-order valence-electron chi connectivity index (χ1n) is 8.75. The molecule has 144 valence electrons. The molecule has 0 unspecified atom stereocenters. The fraction of sp³-hybridized carbons (Fsp3) is 0.174. The molecule has 0 amide bonds. The molecule has 0 heterocycles. The van der Waals surface area contributed by atoms with Gasteiger partial charge in [-0.05, 0) is 42.3 Å². The van der Waals surface area contributed by atoms with E-state index in [1.807, 2.05) is 12.1 Å². The molecule has 0 saturated carbocycles. The van der Waals surface area contributed by atoms with Crippen LogP contribution in [0, 0.1) is 6.92 Å². The van der Waals surface area contributed by atoms with Crippen molar-refractivity contribution in [1.82, 2.24) is 0 Å². The topological polar surface area (TPSA) is 54.0 Å². The van der Waals surface area contributed by atoms with Crippen molar-refractivity contribution >= 4 is 5.97 Å². The Bertz CT molecular complexity index is 934. The minimum absolute atomic E-state index is 0.303. The molecular formula is C23H22O5. The monoisotopic (exact) mass is 378 g/mol. The number of methoxy groups -OCH3 is 3. The van der Waals surface area contributed by atoms with Gasteiger partial charge in [-0.1, -0.05) is 42.0 Å². The Morgan fingerprint density at radius 2 is 1.21 bits per heavy atom. The highest BCUT2D eigenvalue weighted by atomic mass is 16.5. The Kier molecular flexibility index (Phi) is 5.84. The Morgan fingerprint density at radius 1 is 0.714 bits per heavy atom. The van der Waals surface area contributed by atoms with Crippen molar-refractivity contribution in [3.05, 3.63) is 71.8 Å². The number of aryl methyl sites for hydroxylation is 1. The van der Waals surface area contributed by atoms with Gasteiger partial charge in [-0.3, -0.25) is 0 Å². The summed E-state index contributed by atoms with van der Waals surface area (Å²) in [6.07, 6.45) is 0. The highest BCUT2D eigenvalue weighted by Gasteiger charge is 2.18. The lowest BCUT2D eigenvalue weighted by Crippen LogP contribution is -2.09. The van der Waals surface area contributed by atoms with Gasteiger partial charge in [0.25, 0.3) is 0 Å². The zero-order valence-corrected chi connectivity index (χ0v) is 16.3. The third-order valence-corrected chi connectivity index (χ3v) is 4.35. The standard InChI is InChI=1S/C23H22O5/c1-15-5-7-16(8-6-15)17-9-11-19(12-10-17)28-23(24)18-13-20(25-2)22(27-4)21(14-18)26-3/h5-14H,1-4H3. The molecule has 0 aliphatic heterocycles. The highest BCUT2D eigenvalue weighted by Crippen LogP contribution is 2.38. The molecule has 0 aromatic heterocycles. The first-order valence-corrected chi connectivity index (χ1v) is 8.75. The van der Waals surface area contributed by atoms with Crippen molar-refractivity contribution in [3.8, 4) is 34.1 Å². The molecule has 0 bridgehead atoms. The van der Waals surface area contributed by atoms with E-state index in [1.54, 1.807) is 24.3 Å². The third-order valence-electron chi connectivity index (χ3n) is 4.35. The summed E-state index contributed by atoms with van der Waals surface area (Å²) in [6, 6.07) is 18.7. The van der Waals surface area contributed by atoms with Crippen LogP contribution in [0.15, 0.2) is 60.7 Å². The molecule has 0 aliphatic rings. The van der Waals surface area contributed by atoms with E-state index in [0.717, 1.165) is 11.1 Å². The second-order valence-corrected chi connectivity index (χ2v) is 6.19. The summed E-state index contributed by atoms with van der Waals surface area (Å²) in [4.78, 5) is 12.6. The molecule has 0 aliphatic carbocycles. The van der Waals surface area contributed by atoms with Crippen LogP contribution in [-0.4, -0.2) is 27.3 Å². The predicted octanol–water partition coefficient (Wildman–Crippen LogP) is 4.91. The van der Waals surface area contributed by atoms with Crippen LogP contribution in [-0.2, 0) is 0 Å². The molecule has 0 fully saturated rings. The minimum Gasteiger partial charge on any atom is -0.493 e. The second kappa shape index (κ2) is 8.48. The summed E-state index contributed by atoms with van der Waals surface area (Å²) in [5.74, 6) is 1.15. The fourth-order valence-corrected chi connectivity index (χ4v) is 2.83. The van der Waals surface area contributed by atoms with E-state index >= 15 is 0 Å². The van der Waals surface area contributed by atoms with Gasteiger partial charge >= 0.3 is 5.97 Å². The molecule has 0 radical (unpaired) electrons. The van der Waals surface area contributed by atoms with Crippen molar-refractivity contribution in [2.45, 2.75) is 6.92 Å². The van der Waals surface area contributed by atoms with Crippen LogP contribution in [0.25, 0.3) is 11.1 Å². The molecular weight excluding hydrogens is 356 g/mol. The molecule has 5 heteroatoms. The van der Waals surface area contributed by atoms with Crippen LogP contribution in [0.3, 0.4) is 0 Å². The Labute approximate surface area is 164 Å². The Morgan fingerprint density at radius 3 is 1.68 bits per heavy atom. The molecule has 0 saturated heterocycles. The van der Waals surface area contributed by atoms with Crippen molar-refractivity contribution < 1.29 is 23.7 Å². The molecule has 3 rings (SSSR count). The summed E-state index contributed by atoms with van der Waals surface area (Å²) in [5.41, 5.74) is 3.66. The predicted molar refractivity (Wildman–Crippen MR) is 108 cm³/mol. The van der Waals surface area contributed by atoms with E-state index in [1.165, 1.54) is 26.9 Å². The molecule has 0 spiro atoms. The lowest BCUT2D eigenvalue weighted by atomic mass is 10.0. The first-order chi connectivity index (χ1) is 13.5. The molecule has 0 atom stereocenters. The number of carbonyl (C=O) groups is 1. The van der Waals surface area contributed by atoms with Gasteiger partial charge in [0.15, 0.2) is 11.5 Å². The summed E-state index contributed by atoms with van der Waals surface area (Å²) >= 11 is 0. The van der Waals surface area contributed by atoms with Gasteiger partial charge in [0, 0.05) is 0 Å². The number of esters is 1. The van der Waals surface area contributed by atoms with E-state index in [4.69, 9.17) is 18.9 Å². The number of hydrogen-bond acceptors (Lipinski definition) is 5. The van der Waals surface area contributed by atoms with Gasteiger partial charge < -0.3 is 18.9 Å². The van der Waals surface area contributed by atoms with Crippen LogP contribution in [0.2, 0.25) is 0 Å². The fourth-order valence-electron chi connectivity index (χ4n) is 2.83. The average molecular weight is 378 g/mol. The number of ether oxygens (including phenoxy) is 4. The first kappa shape index (κ1) is 19.3. The maximum absolute atomic E-state index is 12.6. The molecule has 0 N–H and O–H groups in total. The molecule has 3 aromatic rings. The van der Waals surface area contributed by atoms with Crippen molar-refractivity contribution in [3.63, 3.8) is 0 Å². The van der Waals surface area contributed by atoms with Gasteiger partial charge in [-0.15, -0.1) is 0 Å². The summed E-state index contributed by atoms with van der Waals surface area (Å²) in [6.45, 7) is 2.05. The normalized spacial score (nSPS) is 10.3. The summed E-state index contributed by atoms with van der Waals surface area (Å²) in [7, 11) is 4.50. The Balaban J connectivity index is 1.80. The van der Waals surface area contributed by atoms with E-state index < -0.39 is 5.97 Å². The molecule has 5 nitrogen and oxygen atoms in total. The quantitative estimate of drug-likeness (QED) is 0.451. The minimum atomic E-state index is -0.512. The smallest absolute Gasteiger partial charge is 0.343 e. The van der Waals surface area contributed by atoms with E-state index in [9.17, 15) is 4.79 Å². The van der Waals surface area contributed by atoms with Gasteiger partial charge in [0.2, 0.25) is 5.75 Å². The average Bonchev–Trinajstić information content (AvgIpc) is 2.73. The number of hydrogen-bond donors (Lipinski definition) is 0. The van der Waals surface area contributed by atoms with Crippen LogP contribution in [0.1, 0.15) is 15.9 Å². The van der Waals surface area contributed by atoms with Crippen LogP contribution < -0.4 is 18.9 Å². The van der Waals surface area contributed by atoms with Crippen LogP contribution in [0.4, 0.5) is 0 Å². The van der Waals surface area contributed by atoms with E-state index in [0.29, 0.717) is 28.6 Å². The second-order valence-electron chi connectivity index (χ2n) is 6.19. The van der Waals surface area contributed by atoms with Crippen molar-refractivity contribution in [2.75, 3.05) is 21.3 Å². The van der Waals surface area contributed by atoms with Gasteiger partial charge in [0.1, 0.15) is 5.75 Å². The van der Waals surface area contributed by atoms with Gasteiger partial charge in [0.05, 0.1) is 26.9 Å². The number of rotatable bonds is 6. The van der Waals surface area contributed by atoms with E-state index in [2.05, 4.69) is 31.2 Å². The maximum atomic E-state index is 12.6. The number of carbonyl (C=O) groups excluding carboxylic acids is 1. The van der Waals surface area contributed by atoms with E-state index in [-0.39, 0.29) is 0 Å².